The first-order valence-corrected chi connectivity index (χ1v) is 7.62. The molecule has 0 unspecified atom stereocenters. The van der Waals surface area contributed by atoms with Gasteiger partial charge < -0.3 is 16.8 Å². The Morgan fingerprint density at radius 3 is 2.35 bits per heavy atom. The van der Waals surface area contributed by atoms with Gasteiger partial charge in [-0.1, -0.05) is 12.8 Å². The molecule has 6 heteroatoms. The third kappa shape index (κ3) is 7.45. The van der Waals surface area contributed by atoms with E-state index in [1.165, 1.54) is 0 Å². The van der Waals surface area contributed by atoms with E-state index in [-0.39, 0.29) is 17.9 Å². The number of amides is 2. The van der Waals surface area contributed by atoms with Gasteiger partial charge in [0.2, 0.25) is 11.8 Å². The highest BCUT2D eigenvalue weighted by Gasteiger charge is 2.21. The topological polar surface area (TPSA) is 101 Å². The number of nitrogens with two attached hydrogens (primary N) is 2. The van der Waals surface area contributed by atoms with Crippen LogP contribution in [0, 0.1) is 0 Å². The van der Waals surface area contributed by atoms with E-state index in [1.54, 1.807) is 0 Å². The monoisotopic (exact) mass is 284 g/mol. The molecule has 116 valence electrons. The molecule has 1 rings (SSSR count). The second-order valence-electron chi connectivity index (χ2n) is 5.54. The SMILES string of the molecule is NCCCCCCC(=O)NC1CCN(CC(N)=O)CC1. The Kier molecular flexibility index (Phi) is 8.22. The first-order chi connectivity index (χ1) is 9.61. The lowest BCUT2D eigenvalue weighted by molar-refractivity contribution is -0.123. The zero-order valence-electron chi connectivity index (χ0n) is 12.3. The van der Waals surface area contributed by atoms with Crippen LogP contribution in [-0.2, 0) is 9.59 Å². The Morgan fingerprint density at radius 1 is 1.10 bits per heavy atom. The Hall–Kier alpha value is -1.14. The molecule has 0 aromatic rings. The molecule has 1 heterocycles. The predicted molar refractivity (Wildman–Crippen MR) is 78.9 cm³/mol. The van der Waals surface area contributed by atoms with Crippen molar-refractivity contribution in [1.29, 1.82) is 0 Å². The quantitative estimate of drug-likeness (QED) is 0.517. The molecule has 0 atom stereocenters. The molecular formula is C14H28N4O2. The number of likely N-dealkylation sites (tertiary alicyclic amines) is 1. The van der Waals surface area contributed by atoms with Crippen LogP contribution in [0.2, 0.25) is 0 Å². The smallest absolute Gasteiger partial charge is 0.231 e. The van der Waals surface area contributed by atoms with E-state index in [2.05, 4.69) is 5.32 Å². The number of nitrogens with one attached hydrogen (secondary N) is 1. The van der Waals surface area contributed by atoms with E-state index in [1.807, 2.05) is 4.90 Å². The van der Waals surface area contributed by atoms with E-state index in [0.717, 1.165) is 58.2 Å². The Labute approximate surface area is 121 Å². The molecule has 0 aliphatic carbocycles. The van der Waals surface area contributed by atoms with Gasteiger partial charge in [-0.3, -0.25) is 14.5 Å². The minimum atomic E-state index is -0.287. The number of hydrogen-bond donors (Lipinski definition) is 3. The molecule has 20 heavy (non-hydrogen) atoms. The number of piperidine rings is 1. The number of primary amides is 1. The van der Waals surface area contributed by atoms with Crippen molar-refractivity contribution >= 4 is 11.8 Å². The van der Waals surface area contributed by atoms with Crippen molar-refractivity contribution in [3.8, 4) is 0 Å². The molecule has 1 saturated heterocycles. The zero-order chi connectivity index (χ0) is 14.8. The summed E-state index contributed by atoms with van der Waals surface area (Å²) in [5, 5.41) is 3.08. The van der Waals surface area contributed by atoms with Gasteiger partial charge in [-0.15, -0.1) is 0 Å². The van der Waals surface area contributed by atoms with Crippen molar-refractivity contribution in [2.75, 3.05) is 26.2 Å². The van der Waals surface area contributed by atoms with E-state index < -0.39 is 0 Å². The molecule has 0 saturated carbocycles. The van der Waals surface area contributed by atoms with Crippen molar-refractivity contribution in [2.45, 2.75) is 51.0 Å². The van der Waals surface area contributed by atoms with Crippen LogP contribution in [0.5, 0.6) is 0 Å². The standard InChI is InChI=1S/C14H28N4O2/c15-8-4-2-1-3-5-14(20)17-12-6-9-18(10-7-12)11-13(16)19/h12H,1-11,15H2,(H2,16,19)(H,17,20). The summed E-state index contributed by atoms with van der Waals surface area (Å²) >= 11 is 0. The third-order valence-corrected chi connectivity index (χ3v) is 3.69. The number of carbonyl (C=O) groups excluding carboxylic acids is 2. The van der Waals surface area contributed by atoms with Crippen molar-refractivity contribution in [3.63, 3.8) is 0 Å². The maximum absolute atomic E-state index is 11.8. The maximum atomic E-state index is 11.8. The van der Waals surface area contributed by atoms with Crippen molar-refractivity contribution in [3.05, 3.63) is 0 Å². The number of hydrogen-bond acceptors (Lipinski definition) is 4. The first-order valence-electron chi connectivity index (χ1n) is 7.62. The van der Waals surface area contributed by atoms with Gasteiger partial charge in [0, 0.05) is 25.6 Å². The number of nitrogens with zero attached hydrogens (tertiary/aromatic N) is 1. The van der Waals surface area contributed by atoms with Crippen LogP contribution < -0.4 is 16.8 Å². The molecule has 0 bridgehead atoms. The van der Waals surface area contributed by atoms with E-state index in [0.29, 0.717) is 13.0 Å². The fourth-order valence-corrected chi connectivity index (χ4v) is 2.54. The summed E-state index contributed by atoms with van der Waals surface area (Å²) in [6.45, 7) is 2.70. The highest BCUT2D eigenvalue weighted by atomic mass is 16.2. The van der Waals surface area contributed by atoms with Gasteiger partial charge in [-0.05, 0) is 32.2 Å². The number of unbranched alkanes of at least 4 members (excludes halogenated alkanes) is 3. The van der Waals surface area contributed by atoms with Crippen molar-refractivity contribution in [2.24, 2.45) is 11.5 Å². The van der Waals surface area contributed by atoms with Crippen LogP contribution in [0.4, 0.5) is 0 Å². The van der Waals surface area contributed by atoms with Gasteiger partial charge in [0.1, 0.15) is 0 Å². The van der Waals surface area contributed by atoms with Gasteiger partial charge >= 0.3 is 0 Å². The molecule has 1 aliphatic rings. The second-order valence-corrected chi connectivity index (χ2v) is 5.54. The average molecular weight is 284 g/mol. The average Bonchev–Trinajstić information content (AvgIpc) is 2.40. The molecule has 1 aliphatic heterocycles. The molecule has 2 amide bonds. The lowest BCUT2D eigenvalue weighted by Gasteiger charge is -2.31. The highest BCUT2D eigenvalue weighted by molar-refractivity contribution is 5.76. The van der Waals surface area contributed by atoms with Crippen LogP contribution in [-0.4, -0.2) is 48.9 Å². The Bertz CT molecular complexity index is 302. The third-order valence-electron chi connectivity index (χ3n) is 3.69. The van der Waals surface area contributed by atoms with Crippen molar-refractivity contribution < 1.29 is 9.59 Å². The van der Waals surface area contributed by atoms with E-state index in [9.17, 15) is 9.59 Å². The minimum absolute atomic E-state index is 0.145. The molecule has 0 radical (unpaired) electrons. The van der Waals surface area contributed by atoms with Crippen LogP contribution in [0.1, 0.15) is 44.9 Å². The lowest BCUT2D eigenvalue weighted by Crippen LogP contribution is -2.46. The summed E-state index contributed by atoms with van der Waals surface area (Å²) in [5.41, 5.74) is 10.6. The molecule has 1 fully saturated rings. The van der Waals surface area contributed by atoms with Gasteiger partial charge in [-0.2, -0.15) is 0 Å². The molecule has 0 aromatic carbocycles. The summed E-state index contributed by atoms with van der Waals surface area (Å²) in [4.78, 5) is 24.6. The number of carbonyl (C=O) groups is 2. The highest BCUT2D eigenvalue weighted by Crippen LogP contribution is 2.10. The summed E-state index contributed by atoms with van der Waals surface area (Å²) < 4.78 is 0. The summed E-state index contributed by atoms with van der Waals surface area (Å²) in [6.07, 6.45) is 6.55. The van der Waals surface area contributed by atoms with Crippen LogP contribution in [0.3, 0.4) is 0 Å². The van der Waals surface area contributed by atoms with Gasteiger partial charge in [0.05, 0.1) is 6.54 Å². The molecule has 5 N–H and O–H groups in total. The Morgan fingerprint density at radius 2 is 1.75 bits per heavy atom. The van der Waals surface area contributed by atoms with Crippen LogP contribution >= 0.6 is 0 Å². The van der Waals surface area contributed by atoms with E-state index >= 15 is 0 Å². The van der Waals surface area contributed by atoms with Gasteiger partial charge in [0.15, 0.2) is 0 Å². The zero-order valence-corrected chi connectivity index (χ0v) is 12.3. The second kappa shape index (κ2) is 9.72. The summed E-state index contributed by atoms with van der Waals surface area (Å²) in [5.74, 6) is -0.143. The number of rotatable bonds is 9. The largest absolute Gasteiger partial charge is 0.369 e. The van der Waals surface area contributed by atoms with Crippen LogP contribution in [0.15, 0.2) is 0 Å². The molecule has 0 spiro atoms. The van der Waals surface area contributed by atoms with Crippen LogP contribution in [0.25, 0.3) is 0 Å². The summed E-state index contributed by atoms with van der Waals surface area (Å²) in [6, 6.07) is 0.246. The van der Waals surface area contributed by atoms with Crippen molar-refractivity contribution in [1.82, 2.24) is 10.2 Å². The molecular weight excluding hydrogens is 256 g/mol. The normalized spacial score (nSPS) is 17.1. The first kappa shape index (κ1) is 16.9. The fraction of sp³-hybridized carbons (Fsp3) is 0.857. The minimum Gasteiger partial charge on any atom is -0.369 e. The Balaban J connectivity index is 2.07. The lowest BCUT2D eigenvalue weighted by atomic mass is 10.0. The fourth-order valence-electron chi connectivity index (χ4n) is 2.54. The van der Waals surface area contributed by atoms with E-state index in [4.69, 9.17) is 11.5 Å². The molecule has 6 nitrogen and oxygen atoms in total. The summed E-state index contributed by atoms with van der Waals surface area (Å²) in [7, 11) is 0. The predicted octanol–water partition coefficient (Wildman–Crippen LogP) is -0.0385. The maximum Gasteiger partial charge on any atom is 0.231 e. The van der Waals surface area contributed by atoms with Gasteiger partial charge in [-0.25, -0.2) is 0 Å². The molecule has 0 aromatic heterocycles. The van der Waals surface area contributed by atoms with Gasteiger partial charge in [0.25, 0.3) is 0 Å².